The van der Waals surface area contributed by atoms with Gasteiger partial charge in [-0.1, -0.05) is 53.2 Å². The van der Waals surface area contributed by atoms with Crippen LogP contribution in [0.4, 0.5) is 0 Å². The number of nitrogens with zero attached hydrogens (tertiary/aromatic N) is 4. The smallest absolute Gasteiger partial charge is 0.186 e. The molecule has 0 unspecified atom stereocenters. The van der Waals surface area contributed by atoms with Crippen LogP contribution in [0.5, 0.6) is 5.75 Å². The average Bonchev–Trinajstić information content (AvgIpc) is 2.99. The summed E-state index contributed by atoms with van der Waals surface area (Å²) in [5.74, 6) is 0.825. The molecule has 0 N–H and O–H groups in total. The number of aromatic nitrogens is 3. The van der Waals surface area contributed by atoms with Crippen molar-refractivity contribution in [3.8, 4) is 11.8 Å². The molecule has 0 radical (unpaired) electrons. The lowest BCUT2D eigenvalue weighted by Crippen LogP contribution is -2.13. The summed E-state index contributed by atoms with van der Waals surface area (Å²) in [7, 11) is 0. The van der Waals surface area contributed by atoms with Crippen molar-refractivity contribution in [1.82, 2.24) is 15.0 Å². The standard InChI is InChI=1S/C19H18N4O/c1-15-7-9-17(10-8-15)24-12-11-23-19(18(14-20)21-22-23)13-16-5-3-2-4-6-16/h2-10H,11-13H2,1H3. The minimum atomic E-state index is 0.370. The van der Waals surface area contributed by atoms with Crippen molar-refractivity contribution in [2.24, 2.45) is 0 Å². The van der Waals surface area contributed by atoms with Crippen molar-refractivity contribution < 1.29 is 4.74 Å². The van der Waals surface area contributed by atoms with Crippen LogP contribution in [0.25, 0.3) is 0 Å². The lowest BCUT2D eigenvalue weighted by atomic mass is 10.1. The van der Waals surface area contributed by atoms with E-state index in [9.17, 15) is 5.26 Å². The van der Waals surface area contributed by atoms with Gasteiger partial charge >= 0.3 is 0 Å². The first kappa shape index (κ1) is 15.8. The molecule has 0 spiro atoms. The van der Waals surface area contributed by atoms with Crippen LogP contribution in [0.1, 0.15) is 22.5 Å². The van der Waals surface area contributed by atoms with Crippen LogP contribution in [-0.2, 0) is 13.0 Å². The Morgan fingerprint density at radius 1 is 1.08 bits per heavy atom. The fraction of sp³-hybridized carbons (Fsp3) is 0.211. The highest BCUT2D eigenvalue weighted by Gasteiger charge is 2.13. The third kappa shape index (κ3) is 3.79. The SMILES string of the molecule is Cc1ccc(OCCn2nnc(C#N)c2Cc2ccccc2)cc1. The maximum atomic E-state index is 9.24. The first-order valence-corrected chi connectivity index (χ1v) is 7.82. The largest absolute Gasteiger partial charge is 0.492 e. The fourth-order valence-corrected chi connectivity index (χ4v) is 2.45. The monoisotopic (exact) mass is 318 g/mol. The number of rotatable bonds is 6. The molecule has 0 aliphatic carbocycles. The zero-order chi connectivity index (χ0) is 16.8. The van der Waals surface area contributed by atoms with Gasteiger partial charge in [0.25, 0.3) is 0 Å². The second-order valence-electron chi connectivity index (χ2n) is 5.54. The number of hydrogen-bond donors (Lipinski definition) is 0. The van der Waals surface area contributed by atoms with Crippen LogP contribution in [0.2, 0.25) is 0 Å². The summed E-state index contributed by atoms with van der Waals surface area (Å²) in [5.41, 5.74) is 3.50. The molecular formula is C19H18N4O. The topological polar surface area (TPSA) is 63.7 Å². The maximum Gasteiger partial charge on any atom is 0.186 e. The van der Waals surface area contributed by atoms with Gasteiger partial charge in [0.05, 0.1) is 12.2 Å². The van der Waals surface area contributed by atoms with E-state index in [1.807, 2.05) is 61.5 Å². The molecule has 0 saturated heterocycles. The fourth-order valence-electron chi connectivity index (χ4n) is 2.45. The molecule has 2 aromatic carbocycles. The van der Waals surface area contributed by atoms with Gasteiger partial charge in [-0.25, -0.2) is 4.68 Å². The molecule has 1 aromatic heterocycles. The molecule has 1 heterocycles. The molecule has 3 aromatic rings. The molecule has 0 aliphatic heterocycles. The van der Waals surface area contributed by atoms with Crippen molar-refractivity contribution in [2.45, 2.75) is 19.9 Å². The lowest BCUT2D eigenvalue weighted by Gasteiger charge is -2.09. The average molecular weight is 318 g/mol. The predicted molar refractivity (Wildman–Crippen MR) is 90.7 cm³/mol. The minimum absolute atomic E-state index is 0.370. The van der Waals surface area contributed by atoms with E-state index in [4.69, 9.17) is 4.74 Å². The van der Waals surface area contributed by atoms with Crippen molar-refractivity contribution in [3.05, 3.63) is 77.1 Å². The van der Waals surface area contributed by atoms with E-state index in [1.54, 1.807) is 4.68 Å². The molecule has 24 heavy (non-hydrogen) atoms. The summed E-state index contributed by atoms with van der Waals surface area (Å²) in [6.45, 7) is 3.06. The number of hydrogen-bond acceptors (Lipinski definition) is 4. The number of benzene rings is 2. The van der Waals surface area contributed by atoms with Crippen LogP contribution in [0, 0.1) is 18.3 Å². The highest BCUT2D eigenvalue weighted by molar-refractivity contribution is 5.30. The molecule has 0 saturated carbocycles. The number of ether oxygens (including phenoxy) is 1. The molecule has 120 valence electrons. The van der Waals surface area contributed by atoms with Gasteiger partial charge in [-0.2, -0.15) is 5.26 Å². The van der Waals surface area contributed by atoms with E-state index >= 15 is 0 Å². The second-order valence-corrected chi connectivity index (χ2v) is 5.54. The Kier molecular flexibility index (Phi) is 4.87. The molecular weight excluding hydrogens is 300 g/mol. The highest BCUT2D eigenvalue weighted by atomic mass is 16.5. The van der Waals surface area contributed by atoms with Gasteiger partial charge in [0.2, 0.25) is 0 Å². The van der Waals surface area contributed by atoms with Crippen molar-refractivity contribution >= 4 is 0 Å². The van der Waals surface area contributed by atoms with Gasteiger partial charge < -0.3 is 4.74 Å². The highest BCUT2D eigenvalue weighted by Crippen LogP contribution is 2.14. The molecule has 0 fully saturated rings. The van der Waals surface area contributed by atoms with E-state index in [0.29, 0.717) is 25.3 Å². The van der Waals surface area contributed by atoms with E-state index in [0.717, 1.165) is 17.0 Å². The lowest BCUT2D eigenvalue weighted by molar-refractivity contribution is 0.287. The molecule has 0 atom stereocenters. The van der Waals surface area contributed by atoms with Crippen molar-refractivity contribution in [3.63, 3.8) is 0 Å². The predicted octanol–water partition coefficient (Wildman–Crippen LogP) is 3.13. The normalized spacial score (nSPS) is 10.3. The minimum Gasteiger partial charge on any atom is -0.492 e. The summed E-state index contributed by atoms with van der Waals surface area (Å²) in [6, 6.07) is 20.0. The van der Waals surface area contributed by atoms with Crippen molar-refractivity contribution in [1.29, 1.82) is 5.26 Å². The summed E-state index contributed by atoms with van der Waals surface area (Å²) in [5, 5.41) is 17.3. The Labute approximate surface area is 141 Å². The first-order valence-electron chi connectivity index (χ1n) is 7.82. The van der Waals surface area contributed by atoms with E-state index in [1.165, 1.54) is 5.56 Å². The van der Waals surface area contributed by atoms with Crippen LogP contribution < -0.4 is 4.74 Å². The summed E-state index contributed by atoms with van der Waals surface area (Å²) in [6.07, 6.45) is 0.626. The molecule has 5 nitrogen and oxygen atoms in total. The third-order valence-electron chi connectivity index (χ3n) is 3.75. The van der Waals surface area contributed by atoms with Gasteiger partial charge in [0.1, 0.15) is 18.4 Å². The number of nitriles is 1. The number of aryl methyl sites for hydroxylation is 1. The molecule has 0 bridgehead atoms. The van der Waals surface area contributed by atoms with Gasteiger partial charge in [0.15, 0.2) is 5.69 Å². The van der Waals surface area contributed by atoms with Crippen molar-refractivity contribution in [2.75, 3.05) is 6.61 Å². The quantitative estimate of drug-likeness (QED) is 0.700. The molecule has 0 aliphatic rings. The summed E-state index contributed by atoms with van der Waals surface area (Å²) < 4.78 is 7.49. The van der Waals surface area contributed by atoms with E-state index in [2.05, 4.69) is 16.4 Å². The maximum absolute atomic E-state index is 9.24. The van der Waals surface area contributed by atoms with E-state index in [-0.39, 0.29) is 0 Å². The van der Waals surface area contributed by atoms with Crippen LogP contribution in [-0.4, -0.2) is 21.6 Å². The van der Waals surface area contributed by atoms with Crippen LogP contribution in [0.3, 0.4) is 0 Å². The van der Waals surface area contributed by atoms with Gasteiger partial charge in [0, 0.05) is 6.42 Å². The molecule has 0 amide bonds. The summed E-state index contributed by atoms with van der Waals surface area (Å²) in [4.78, 5) is 0. The second kappa shape index (κ2) is 7.42. The Morgan fingerprint density at radius 2 is 1.83 bits per heavy atom. The van der Waals surface area contributed by atoms with Crippen LogP contribution in [0.15, 0.2) is 54.6 Å². The van der Waals surface area contributed by atoms with E-state index < -0.39 is 0 Å². The van der Waals surface area contributed by atoms with Gasteiger partial charge in [-0.3, -0.25) is 0 Å². The first-order chi connectivity index (χ1) is 11.8. The summed E-state index contributed by atoms with van der Waals surface area (Å²) >= 11 is 0. The zero-order valence-corrected chi connectivity index (χ0v) is 13.5. The Bertz CT molecular complexity index is 832. The molecule has 5 heteroatoms. The Morgan fingerprint density at radius 3 is 2.54 bits per heavy atom. The van der Waals surface area contributed by atoms with Crippen LogP contribution >= 0.6 is 0 Å². The Balaban J connectivity index is 1.68. The van der Waals surface area contributed by atoms with Gasteiger partial charge in [-0.15, -0.1) is 5.10 Å². The Hall–Kier alpha value is -3.13. The molecule has 3 rings (SSSR count). The van der Waals surface area contributed by atoms with Gasteiger partial charge in [-0.05, 0) is 24.6 Å². The third-order valence-corrected chi connectivity index (χ3v) is 3.75. The zero-order valence-electron chi connectivity index (χ0n) is 13.5.